The van der Waals surface area contributed by atoms with Gasteiger partial charge in [0.1, 0.15) is 24.0 Å². The standard InChI is InChI=1S/C27H21N3O2S/c1-19-8-7-9-20(14-19)17-32-25-13-6-5-12-22(25)15-23(16-28)26(31)30-27-29-24(18-33-27)21-10-3-2-4-11-21/h2-15,18H,17H2,1H3,(H,29,30,31)/b23-15+. The van der Waals surface area contributed by atoms with Gasteiger partial charge in [-0.15, -0.1) is 11.3 Å². The van der Waals surface area contributed by atoms with E-state index in [0.29, 0.717) is 23.1 Å². The zero-order chi connectivity index (χ0) is 23.0. The largest absolute Gasteiger partial charge is 0.488 e. The molecule has 0 saturated heterocycles. The number of aryl methyl sites for hydroxylation is 1. The van der Waals surface area contributed by atoms with E-state index in [0.717, 1.165) is 22.4 Å². The molecule has 0 saturated carbocycles. The van der Waals surface area contributed by atoms with Gasteiger partial charge in [0.05, 0.1) is 5.69 Å². The number of para-hydroxylation sites is 1. The van der Waals surface area contributed by atoms with E-state index in [2.05, 4.69) is 16.4 Å². The SMILES string of the molecule is Cc1cccc(COc2ccccc2/C=C(\C#N)C(=O)Nc2nc(-c3ccccc3)cs2)c1. The molecule has 0 atom stereocenters. The van der Waals surface area contributed by atoms with Crippen molar-refractivity contribution in [2.45, 2.75) is 13.5 Å². The first-order chi connectivity index (χ1) is 16.1. The molecular formula is C27H21N3O2S. The van der Waals surface area contributed by atoms with Gasteiger partial charge in [-0.2, -0.15) is 5.26 Å². The summed E-state index contributed by atoms with van der Waals surface area (Å²) in [6, 6.07) is 27.1. The van der Waals surface area contributed by atoms with Crippen LogP contribution in [0, 0.1) is 18.3 Å². The third-order valence-corrected chi connectivity index (χ3v) is 5.61. The number of hydrogen-bond acceptors (Lipinski definition) is 5. The first kappa shape index (κ1) is 22.0. The number of carbonyl (C=O) groups is 1. The van der Waals surface area contributed by atoms with Gasteiger partial charge in [0, 0.05) is 16.5 Å². The Morgan fingerprint density at radius 2 is 1.88 bits per heavy atom. The van der Waals surface area contributed by atoms with Gasteiger partial charge in [0.25, 0.3) is 5.91 Å². The molecule has 1 amide bonds. The summed E-state index contributed by atoms with van der Waals surface area (Å²) >= 11 is 1.31. The third-order valence-electron chi connectivity index (χ3n) is 4.85. The molecule has 4 rings (SSSR count). The van der Waals surface area contributed by atoms with Gasteiger partial charge in [0.2, 0.25) is 0 Å². The first-order valence-electron chi connectivity index (χ1n) is 10.3. The van der Waals surface area contributed by atoms with Crippen LogP contribution in [0.5, 0.6) is 5.75 Å². The van der Waals surface area contributed by atoms with Crippen LogP contribution in [0.1, 0.15) is 16.7 Å². The molecule has 3 aromatic carbocycles. The zero-order valence-corrected chi connectivity index (χ0v) is 18.8. The molecule has 0 radical (unpaired) electrons. The molecule has 1 N–H and O–H groups in total. The third kappa shape index (κ3) is 5.73. The topological polar surface area (TPSA) is 75.0 Å². The van der Waals surface area contributed by atoms with Crippen LogP contribution in [0.4, 0.5) is 5.13 Å². The van der Waals surface area contributed by atoms with Crippen LogP contribution in [0.25, 0.3) is 17.3 Å². The number of rotatable bonds is 7. The molecule has 0 aliphatic carbocycles. The number of amides is 1. The first-order valence-corrected chi connectivity index (χ1v) is 11.2. The Kier molecular flexibility index (Phi) is 6.93. The van der Waals surface area contributed by atoms with Crippen molar-refractivity contribution in [3.05, 3.63) is 107 Å². The fourth-order valence-corrected chi connectivity index (χ4v) is 3.95. The van der Waals surface area contributed by atoms with Crippen LogP contribution in [-0.4, -0.2) is 10.9 Å². The van der Waals surface area contributed by atoms with Gasteiger partial charge in [0.15, 0.2) is 5.13 Å². The maximum absolute atomic E-state index is 12.7. The van der Waals surface area contributed by atoms with E-state index in [4.69, 9.17) is 4.74 Å². The average molecular weight is 452 g/mol. The number of nitrogens with one attached hydrogen (secondary N) is 1. The highest BCUT2D eigenvalue weighted by Crippen LogP contribution is 2.26. The van der Waals surface area contributed by atoms with E-state index in [9.17, 15) is 10.1 Å². The number of thiazole rings is 1. The lowest BCUT2D eigenvalue weighted by Crippen LogP contribution is -2.13. The number of nitriles is 1. The highest BCUT2D eigenvalue weighted by molar-refractivity contribution is 7.14. The maximum Gasteiger partial charge on any atom is 0.268 e. The molecule has 0 fully saturated rings. The predicted molar refractivity (Wildman–Crippen MR) is 132 cm³/mol. The fraction of sp³-hybridized carbons (Fsp3) is 0.0741. The zero-order valence-electron chi connectivity index (χ0n) is 18.0. The lowest BCUT2D eigenvalue weighted by Gasteiger charge is -2.10. The highest BCUT2D eigenvalue weighted by atomic mass is 32.1. The lowest BCUT2D eigenvalue weighted by atomic mass is 10.1. The van der Waals surface area contributed by atoms with E-state index >= 15 is 0 Å². The number of aromatic nitrogens is 1. The summed E-state index contributed by atoms with van der Waals surface area (Å²) in [4.78, 5) is 17.2. The van der Waals surface area contributed by atoms with Crippen molar-refractivity contribution in [2.24, 2.45) is 0 Å². The number of hydrogen-bond donors (Lipinski definition) is 1. The molecule has 0 unspecified atom stereocenters. The maximum atomic E-state index is 12.7. The van der Waals surface area contributed by atoms with Crippen molar-refractivity contribution >= 4 is 28.5 Å². The Morgan fingerprint density at radius 1 is 1.09 bits per heavy atom. The molecule has 5 nitrogen and oxygen atoms in total. The summed E-state index contributed by atoms with van der Waals surface area (Å²) in [5.74, 6) is 0.0834. The van der Waals surface area contributed by atoms with E-state index in [1.807, 2.05) is 91.2 Å². The van der Waals surface area contributed by atoms with Crippen LogP contribution >= 0.6 is 11.3 Å². The van der Waals surface area contributed by atoms with Crippen molar-refractivity contribution in [3.63, 3.8) is 0 Å². The minimum absolute atomic E-state index is 0.0296. The Hall–Kier alpha value is -4.21. The van der Waals surface area contributed by atoms with E-state index < -0.39 is 5.91 Å². The summed E-state index contributed by atoms with van der Waals surface area (Å²) in [6.07, 6.45) is 1.53. The number of anilines is 1. The normalized spacial score (nSPS) is 11.0. The molecule has 4 aromatic rings. The molecule has 1 heterocycles. The molecule has 0 aliphatic rings. The van der Waals surface area contributed by atoms with Crippen LogP contribution in [0.2, 0.25) is 0 Å². The number of benzene rings is 3. The van der Waals surface area contributed by atoms with Gasteiger partial charge in [-0.3, -0.25) is 10.1 Å². The van der Waals surface area contributed by atoms with Crippen molar-refractivity contribution < 1.29 is 9.53 Å². The second-order valence-corrected chi connectivity index (χ2v) is 8.20. The molecule has 33 heavy (non-hydrogen) atoms. The Balaban J connectivity index is 1.49. The summed E-state index contributed by atoms with van der Waals surface area (Å²) in [5.41, 5.74) is 4.56. The molecule has 0 bridgehead atoms. The van der Waals surface area contributed by atoms with Crippen LogP contribution < -0.4 is 10.1 Å². The van der Waals surface area contributed by atoms with Crippen molar-refractivity contribution in [1.29, 1.82) is 5.26 Å². The second kappa shape index (κ2) is 10.4. The Bertz CT molecular complexity index is 1340. The number of ether oxygens (including phenoxy) is 1. The smallest absolute Gasteiger partial charge is 0.268 e. The fourth-order valence-electron chi connectivity index (χ4n) is 3.24. The van der Waals surface area contributed by atoms with Crippen LogP contribution in [0.15, 0.2) is 89.8 Å². The molecule has 6 heteroatoms. The average Bonchev–Trinajstić information content (AvgIpc) is 3.31. The van der Waals surface area contributed by atoms with Gasteiger partial charge >= 0.3 is 0 Å². The van der Waals surface area contributed by atoms with Crippen molar-refractivity contribution in [2.75, 3.05) is 5.32 Å². The molecule has 162 valence electrons. The number of nitrogens with zero attached hydrogens (tertiary/aromatic N) is 2. The molecule has 0 spiro atoms. The molecule has 0 aliphatic heterocycles. The minimum atomic E-state index is -0.514. The summed E-state index contributed by atoms with van der Waals surface area (Å²) < 4.78 is 5.98. The second-order valence-electron chi connectivity index (χ2n) is 7.34. The summed E-state index contributed by atoms with van der Waals surface area (Å²) in [6.45, 7) is 2.42. The van der Waals surface area contributed by atoms with Gasteiger partial charge < -0.3 is 4.74 Å². The van der Waals surface area contributed by atoms with Crippen LogP contribution in [-0.2, 0) is 11.4 Å². The van der Waals surface area contributed by atoms with E-state index in [-0.39, 0.29) is 5.57 Å². The summed E-state index contributed by atoms with van der Waals surface area (Å²) in [5, 5.41) is 14.6. The van der Waals surface area contributed by atoms with Gasteiger partial charge in [-0.05, 0) is 24.6 Å². The monoisotopic (exact) mass is 451 g/mol. The minimum Gasteiger partial charge on any atom is -0.488 e. The highest BCUT2D eigenvalue weighted by Gasteiger charge is 2.14. The van der Waals surface area contributed by atoms with Crippen molar-refractivity contribution in [3.8, 4) is 23.1 Å². The van der Waals surface area contributed by atoms with E-state index in [1.54, 1.807) is 0 Å². The summed E-state index contributed by atoms with van der Waals surface area (Å²) in [7, 11) is 0. The lowest BCUT2D eigenvalue weighted by molar-refractivity contribution is -0.112. The Morgan fingerprint density at radius 3 is 2.67 bits per heavy atom. The number of carbonyl (C=O) groups excluding carboxylic acids is 1. The van der Waals surface area contributed by atoms with E-state index in [1.165, 1.54) is 17.4 Å². The van der Waals surface area contributed by atoms with Gasteiger partial charge in [-0.1, -0.05) is 78.4 Å². The quantitative estimate of drug-likeness (QED) is 0.266. The molecular weight excluding hydrogens is 430 g/mol. The predicted octanol–water partition coefficient (Wildman–Crippen LogP) is 6.24. The van der Waals surface area contributed by atoms with Crippen LogP contribution in [0.3, 0.4) is 0 Å². The molecule has 1 aromatic heterocycles. The van der Waals surface area contributed by atoms with Crippen molar-refractivity contribution in [1.82, 2.24) is 4.98 Å². The van der Waals surface area contributed by atoms with Gasteiger partial charge in [-0.25, -0.2) is 4.98 Å². The Labute approximate surface area is 196 Å².